The molecular formula is C13H16N2O2. The number of carbonyl (C=O) groups excluding carboxylic acids is 1. The Morgan fingerprint density at radius 1 is 1.53 bits per heavy atom. The van der Waals surface area contributed by atoms with Gasteiger partial charge < -0.3 is 4.74 Å². The topological polar surface area (TPSA) is 52.1 Å². The van der Waals surface area contributed by atoms with Gasteiger partial charge in [-0.15, -0.1) is 0 Å². The maximum Gasteiger partial charge on any atom is 0.318 e. The van der Waals surface area contributed by atoms with E-state index in [1.54, 1.807) is 6.20 Å². The summed E-state index contributed by atoms with van der Waals surface area (Å²) in [6, 6.07) is 1.86. The maximum atomic E-state index is 11.9. The van der Waals surface area contributed by atoms with Crippen LogP contribution in [-0.4, -0.2) is 22.5 Å². The molecule has 0 aromatic carbocycles. The molecule has 0 saturated heterocycles. The standard InChI is InChI=1S/C13H16N2O2/c1-2-17-12(16)13(6-7-13)10-5-8-14-11(15-10)9-3-4-9/h5,8-9H,2-4,6-7H2,1H3. The van der Waals surface area contributed by atoms with Crippen LogP contribution in [-0.2, 0) is 14.9 Å². The molecule has 2 aliphatic carbocycles. The van der Waals surface area contributed by atoms with Crippen LogP contribution in [0.1, 0.15) is 50.0 Å². The number of ether oxygens (including phenoxy) is 1. The first-order valence-electron chi connectivity index (χ1n) is 6.27. The Kier molecular flexibility index (Phi) is 2.38. The van der Waals surface area contributed by atoms with Crippen LogP contribution in [0.25, 0.3) is 0 Å². The van der Waals surface area contributed by atoms with E-state index in [0.29, 0.717) is 12.5 Å². The van der Waals surface area contributed by atoms with Gasteiger partial charge in [0, 0.05) is 12.1 Å². The Morgan fingerprint density at radius 3 is 2.88 bits per heavy atom. The van der Waals surface area contributed by atoms with Crippen LogP contribution in [0, 0.1) is 0 Å². The van der Waals surface area contributed by atoms with E-state index in [-0.39, 0.29) is 5.97 Å². The van der Waals surface area contributed by atoms with Gasteiger partial charge in [-0.1, -0.05) is 0 Å². The van der Waals surface area contributed by atoms with Gasteiger partial charge in [-0.3, -0.25) is 4.79 Å². The Balaban J connectivity index is 1.87. The van der Waals surface area contributed by atoms with Gasteiger partial charge in [0.25, 0.3) is 0 Å². The van der Waals surface area contributed by atoms with Crippen LogP contribution in [0.2, 0.25) is 0 Å². The third-order valence-electron chi connectivity index (χ3n) is 3.52. The highest BCUT2D eigenvalue weighted by molar-refractivity contribution is 5.85. The molecule has 1 aromatic rings. The van der Waals surface area contributed by atoms with E-state index in [2.05, 4.69) is 9.97 Å². The molecule has 0 atom stereocenters. The molecule has 0 N–H and O–H groups in total. The van der Waals surface area contributed by atoms with Crippen LogP contribution >= 0.6 is 0 Å². The van der Waals surface area contributed by atoms with E-state index in [4.69, 9.17) is 4.74 Å². The highest BCUT2D eigenvalue weighted by atomic mass is 16.5. The van der Waals surface area contributed by atoms with Crippen molar-refractivity contribution in [2.45, 2.75) is 43.9 Å². The first-order valence-corrected chi connectivity index (χ1v) is 6.27. The summed E-state index contributed by atoms with van der Waals surface area (Å²) >= 11 is 0. The van der Waals surface area contributed by atoms with Crippen molar-refractivity contribution in [2.24, 2.45) is 0 Å². The van der Waals surface area contributed by atoms with E-state index in [1.165, 1.54) is 12.8 Å². The lowest BCUT2D eigenvalue weighted by Gasteiger charge is -2.13. The third kappa shape index (κ3) is 1.81. The largest absolute Gasteiger partial charge is 0.465 e. The zero-order valence-corrected chi connectivity index (χ0v) is 9.98. The molecule has 0 bridgehead atoms. The summed E-state index contributed by atoms with van der Waals surface area (Å²) in [5.41, 5.74) is 0.399. The maximum absolute atomic E-state index is 11.9. The van der Waals surface area contributed by atoms with Crippen molar-refractivity contribution < 1.29 is 9.53 Å². The summed E-state index contributed by atoms with van der Waals surface area (Å²) in [6.45, 7) is 2.27. The molecule has 4 heteroatoms. The molecule has 0 aliphatic heterocycles. The van der Waals surface area contributed by atoms with Gasteiger partial charge in [-0.25, -0.2) is 9.97 Å². The Morgan fingerprint density at radius 2 is 2.29 bits per heavy atom. The van der Waals surface area contributed by atoms with E-state index < -0.39 is 5.41 Å². The van der Waals surface area contributed by atoms with Gasteiger partial charge in [-0.05, 0) is 38.7 Å². The van der Waals surface area contributed by atoms with Crippen molar-refractivity contribution in [3.05, 3.63) is 23.8 Å². The molecule has 3 rings (SSSR count). The van der Waals surface area contributed by atoms with Crippen molar-refractivity contribution in [1.29, 1.82) is 0 Å². The fourth-order valence-electron chi connectivity index (χ4n) is 2.14. The summed E-state index contributed by atoms with van der Waals surface area (Å²) in [5, 5.41) is 0. The minimum Gasteiger partial charge on any atom is -0.465 e. The minimum absolute atomic E-state index is 0.125. The predicted molar refractivity (Wildman–Crippen MR) is 61.6 cm³/mol. The number of hydrogen-bond acceptors (Lipinski definition) is 4. The van der Waals surface area contributed by atoms with Gasteiger partial charge >= 0.3 is 5.97 Å². The summed E-state index contributed by atoms with van der Waals surface area (Å²) in [7, 11) is 0. The first-order chi connectivity index (χ1) is 8.26. The smallest absolute Gasteiger partial charge is 0.318 e. The van der Waals surface area contributed by atoms with Crippen LogP contribution < -0.4 is 0 Å². The minimum atomic E-state index is -0.456. The SMILES string of the molecule is CCOC(=O)C1(c2ccnc(C3CC3)n2)CC1. The zero-order valence-electron chi connectivity index (χ0n) is 9.98. The van der Waals surface area contributed by atoms with Crippen molar-refractivity contribution in [1.82, 2.24) is 9.97 Å². The van der Waals surface area contributed by atoms with Gasteiger partial charge in [0.2, 0.25) is 0 Å². The van der Waals surface area contributed by atoms with E-state index >= 15 is 0 Å². The van der Waals surface area contributed by atoms with E-state index in [1.807, 2.05) is 13.0 Å². The second kappa shape index (κ2) is 3.79. The van der Waals surface area contributed by atoms with Gasteiger partial charge in [0.05, 0.1) is 12.3 Å². The van der Waals surface area contributed by atoms with E-state index in [9.17, 15) is 4.79 Å². The average molecular weight is 232 g/mol. The summed E-state index contributed by atoms with van der Waals surface area (Å²) < 4.78 is 5.14. The molecule has 4 nitrogen and oxygen atoms in total. The molecule has 0 radical (unpaired) electrons. The molecule has 1 aromatic heterocycles. The summed E-state index contributed by atoms with van der Waals surface area (Å²) in [4.78, 5) is 20.8. The van der Waals surface area contributed by atoms with Crippen LogP contribution in [0.4, 0.5) is 0 Å². The van der Waals surface area contributed by atoms with Crippen molar-refractivity contribution >= 4 is 5.97 Å². The highest BCUT2D eigenvalue weighted by Gasteiger charge is 2.54. The molecular weight excluding hydrogens is 216 g/mol. The lowest BCUT2D eigenvalue weighted by Crippen LogP contribution is -2.24. The lowest BCUT2D eigenvalue weighted by atomic mass is 10.0. The number of rotatable bonds is 4. The fourth-order valence-corrected chi connectivity index (χ4v) is 2.14. The van der Waals surface area contributed by atoms with E-state index in [0.717, 1.165) is 24.4 Å². The number of nitrogens with zero attached hydrogens (tertiary/aromatic N) is 2. The van der Waals surface area contributed by atoms with Crippen molar-refractivity contribution in [2.75, 3.05) is 6.61 Å². The normalized spacial score (nSPS) is 21.0. The van der Waals surface area contributed by atoms with Crippen LogP contribution in [0.15, 0.2) is 12.3 Å². The molecule has 90 valence electrons. The third-order valence-corrected chi connectivity index (χ3v) is 3.52. The quantitative estimate of drug-likeness (QED) is 0.744. The first kappa shape index (κ1) is 10.7. The Hall–Kier alpha value is -1.45. The fraction of sp³-hybridized carbons (Fsp3) is 0.615. The average Bonchev–Trinajstić information content (AvgIpc) is 3.21. The van der Waals surface area contributed by atoms with Crippen molar-refractivity contribution in [3.63, 3.8) is 0 Å². The predicted octanol–water partition coefficient (Wildman–Crippen LogP) is 1.95. The summed E-state index contributed by atoms with van der Waals surface area (Å²) in [6.07, 6.45) is 5.83. The Labute approximate surface area is 100 Å². The van der Waals surface area contributed by atoms with Crippen LogP contribution in [0.5, 0.6) is 0 Å². The molecule has 17 heavy (non-hydrogen) atoms. The Bertz CT molecular complexity index is 450. The van der Waals surface area contributed by atoms with Gasteiger partial charge in [0.15, 0.2) is 0 Å². The highest BCUT2D eigenvalue weighted by Crippen LogP contribution is 2.49. The second-order valence-electron chi connectivity index (χ2n) is 4.88. The number of esters is 1. The summed E-state index contributed by atoms with van der Waals surface area (Å²) in [5.74, 6) is 1.30. The molecule has 2 aliphatic rings. The van der Waals surface area contributed by atoms with Gasteiger partial charge in [-0.2, -0.15) is 0 Å². The van der Waals surface area contributed by atoms with Crippen LogP contribution in [0.3, 0.4) is 0 Å². The molecule has 2 saturated carbocycles. The van der Waals surface area contributed by atoms with Gasteiger partial charge in [0.1, 0.15) is 11.2 Å². The monoisotopic (exact) mass is 232 g/mol. The number of aromatic nitrogens is 2. The molecule has 0 spiro atoms. The number of hydrogen-bond donors (Lipinski definition) is 0. The zero-order chi connectivity index (χ0) is 11.9. The second-order valence-corrected chi connectivity index (χ2v) is 4.88. The molecule has 0 amide bonds. The van der Waals surface area contributed by atoms with Crippen molar-refractivity contribution in [3.8, 4) is 0 Å². The number of carbonyl (C=O) groups is 1. The lowest BCUT2D eigenvalue weighted by molar-refractivity contribution is -0.146. The molecule has 1 heterocycles. The molecule has 2 fully saturated rings. The molecule has 0 unspecified atom stereocenters.